The van der Waals surface area contributed by atoms with E-state index < -0.39 is 0 Å². The maximum Gasteiger partial charge on any atom is 0.136 e. The second-order valence-corrected chi connectivity index (χ2v) is 2.06. The summed E-state index contributed by atoms with van der Waals surface area (Å²) in [5.74, 6) is 5.55. The van der Waals surface area contributed by atoms with Crippen molar-refractivity contribution in [2.45, 2.75) is 6.92 Å². The maximum atomic E-state index is 7.05. The van der Waals surface area contributed by atoms with Crippen LogP contribution >= 0.6 is 11.6 Å². The lowest BCUT2D eigenvalue weighted by atomic mass is 10.3. The molecule has 5 heteroatoms. The number of allylic oxidation sites excluding steroid dienone is 1. The van der Waals surface area contributed by atoms with Gasteiger partial charge in [0.1, 0.15) is 11.8 Å². The van der Waals surface area contributed by atoms with Crippen molar-refractivity contribution in [3.8, 4) is 0 Å². The number of halogens is 1. The fourth-order valence-electron chi connectivity index (χ4n) is 0.415. The molecular weight excluding hydrogens is 164 g/mol. The summed E-state index contributed by atoms with van der Waals surface area (Å²) < 4.78 is 0. The summed E-state index contributed by atoms with van der Waals surface area (Å²) in [7, 11) is 0. The normalized spacial score (nSPS) is 12.1. The average molecular weight is 175 g/mol. The first-order chi connectivity index (χ1) is 5.20. The van der Waals surface area contributed by atoms with Crippen LogP contribution in [0.15, 0.2) is 17.1 Å². The predicted octanol–water partition coefficient (Wildman–Crippen LogP) is 0.640. The molecular formula is C6H11ClN4. The van der Waals surface area contributed by atoms with Gasteiger partial charge in [-0.15, -0.1) is 11.6 Å². The van der Waals surface area contributed by atoms with Crippen molar-refractivity contribution in [2.75, 3.05) is 6.00 Å². The summed E-state index contributed by atoms with van der Waals surface area (Å²) in [6, 6.07) is 0.154. The molecule has 0 rings (SSSR count). The number of nitrogens with zero attached hydrogens (tertiary/aromatic N) is 1. The van der Waals surface area contributed by atoms with Gasteiger partial charge < -0.3 is 10.8 Å². The third-order valence-corrected chi connectivity index (χ3v) is 0.989. The Bertz CT molecular complexity index is 185. The molecule has 0 aromatic heterocycles. The lowest BCUT2D eigenvalue weighted by molar-refractivity contribution is 1.02. The van der Waals surface area contributed by atoms with Crippen molar-refractivity contribution in [1.29, 1.82) is 5.41 Å². The molecule has 0 aromatic rings. The van der Waals surface area contributed by atoms with E-state index in [2.05, 4.69) is 10.4 Å². The Labute approximate surface area is 70.6 Å². The van der Waals surface area contributed by atoms with Gasteiger partial charge in [0.05, 0.1) is 0 Å². The van der Waals surface area contributed by atoms with Crippen LogP contribution in [0.3, 0.4) is 0 Å². The first-order valence-corrected chi connectivity index (χ1v) is 3.54. The Hall–Kier alpha value is -0.870. The highest BCUT2D eigenvalue weighted by Gasteiger charge is 1.86. The molecule has 0 aliphatic rings. The van der Waals surface area contributed by atoms with Crippen LogP contribution in [-0.4, -0.2) is 17.6 Å². The lowest BCUT2D eigenvalue weighted by Crippen LogP contribution is -2.28. The zero-order valence-corrected chi connectivity index (χ0v) is 7.02. The monoisotopic (exact) mass is 174 g/mol. The highest BCUT2D eigenvalue weighted by atomic mass is 35.5. The summed E-state index contributed by atoms with van der Waals surface area (Å²) in [5, 5.41) is 7.05. The van der Waals surface area contributed by atoms with Gasteiger partial charge in [0.25, 0.3) is 0 Å². The Balaban J connectivity index is 4.08. The van der Waals surface area contributed by atoms with Gasteiger partial charge in [0.2, 0.25) is 0 Å². The Kier molecular flexibility index (Phi) is 5.42. The first-order valence-electron chi connectivity index (χ1n) is 3.01. The number of nitrogens with two attached hydrogens (primary N) is 1. The molecule has 0 saturated carbocycles. The molecule has 0 fully saturated rings. The number of alkyl halides is 1. The van der Waals surface area contributed by atoms with Gasteiger partial charge in [0.15, 0.2) is 0 Å². The van der Waals surface area contributed by atoms with Crippen LogP contribution in [0, 0.1) is 5.41 Å². The van der Waals surface area contributed by atoms with E-state index in [-0.39, 0.29) is 6.00 Å². The SMILES string of the molecule is CC(=N)C=CC(=NCCl)NN. The molecule has 0 unspecified atom stereocenters. The first kappa shape index (κ1) is 10.1. The minimum Gasteiger partial charge on any atom is -0.309 e. The zero-order chi connectivity index (χ0) is 8.69. The van der Waals surface area contributed by atoms with E-state index in [0.29, 0.717) is 11.5 Å². The second kappa shape index (κ2) is 5.88. The second-order valence-electron chi connectivity index (χ2n) is 1.82. The lowest BCUT2D eigenvalue weighted by Gasteiger charge is -1.96. The van der Waals surface area contributed by atoms with E-state index in [4.69, 9.17) is 22.9 Å². The van der Waals surface area contributed by atoms with Gasteiger partial charge in [-0.3, -0.25) is 4.99 Å². The maximum absolute atomic E-state index is 7.05. The van der Waals surface area contributed by atoms with Crippen LogP contribution in [0.4, 0.5) is 0 Å². The van der Waals surface area contributed by atoms with Crippen LogP contribution < -0.4 is 11.3 Å². The van der Waals surface area contributed by atoms with E-state index in [0.717, 1.165) is 0 Å². The summed E-state index contributed by atoms with van der Waals surface area (Å²) in [6.45, 7) is 1.66. The van der Waals surface area contributed by atoms with Gasteiger partial charge in [0, 0.05) is 5.71 Å². The van der Waals surface area contributed by atoms with Crippen molar-refractivity contribution in [3.63, 3.8) is 0 Å². The van der Waals surface area contributed by atoms with E-state index in [9.17, 15) is 0 Å². The van der Waals surface area contributed by atoms with Crippen molar-refractivity contribution >= 4 is 23.1 Å². The average Bonchev–Trinajstić information content (AvgIpc) is 1.97. The quantitative estimate of drug-likeness (QED) is 0.147. The van der Waals surface area contributed by atoms with Gasteiger partial charge in [-0.2, -0.15) is 0 Å². The summed E-state index contributed by atoms with van der Waals surface area (Å²) in [6.07, 6.45) is 3.16. The zero-order valence-electron chi connectivity index (χ0n) is 6.26. The highest BCUT2D eigenvalue weighted by Crippen LogP contribution is 1.82. The smallest absolute Gasteiger partial charge is 0.136 e. The Morgan fingerprint density at radius 2 is 2.36 bits per heavy atom. The molecule has 0 saturated heterocycles. The standard InChI is InChI=1S/C6H11ClN4/c1-5(8)2-3-6(11-9)10-4-7/h2-3,8H,4,9H2,1H3,(H,10,11). The van der Waals surface area contributed by atoms with Crippen LogP contribution in [0.25, 0.3) is 0 Å². The number of hydrazine groups is 1. The Morgan fingerprint density at radius 1 is 1.73 bits per heavy atom. The molecule has 0 spiro atoms. The molecule has 62 valence electrons. The number of aliphatic imine (C=N–C) groups is 1. The third-order valence-electron chi connectivity index (χ3n) is 0.869. The summed E-state index contributed by atoms with van der Waals surface area (Å²) >= 11 is 5.32. The molecule has 0 amide bonds. The summed E-state index contributed by atoms with van der Waals surface area (Å²) in [4.78, 5) is 3.78. The molecule has 0 atom stereocenters. The van der Waals surface area contributed by atoms with Crippen molar-refractivity contribution in [1.82, 2.24) is 5.43 Å². The third kappa shape index (κ3) is 5.57. The molecule has 4 N–H and O–H groups in total. The molecule has 0 bridgehead atoms. The van der Waals surface area contributed by atoms with Crippen LogP contribution in [-0.2, 0) is 0 Å². The predicted molar refractivity (Wildman–Crippen MR) is 48.0 cm³/mol. The van der Waals surface area contributed by atoms with E-state index in [1.807, 2.05) is 0 Å². The van der Waals surface area contributed by atoms with Crippen LogP contribution in [0.1, 0.15) is 6.92 Å². The van der Waals surface area contributed by atoms with Gasteiger partial charge >= 0.3 is 0 Å². The Morgan fingerprint density at radius 3 is 2.73 bits per heavy atom. The number of hydrogen-bond acceptors (Lipinski definition) is 3. The van der Waals surface area contributed by atoms with Gasteiger partial charge in [-0.05, 0) is 19.1 Å². The number of rotatable bonds is 3. The fraction of sp³-hybridized carbons (Fsp3) is 0.333. The largest absolute Gasteiger partial charge is 0.309 e. The van der Waals surface area contributed by atoms with E-state index in [1.165, 1.54) is 0 Å². The van der Waals surface area contributed by atoms with Crippen LogP contribution in [0.2, 0.25) is 0 Å². The van der Waals surface area contributed by atoms with Crippen molar-refractivity contribution in [2.24, 2.45) is 10.8 Å². The molecule has 11 heavy (non-hydrogen) atoms. The minimum absolute atomic E-state index is 0.154. The molecule has 0 heterocycles. The van der Waals surface area contributed by atoms with Gasteiger partial charge in [-0.25, -0.2) is 5.84 Å². The number of hydrogen-bond donors (Lipinski definition) is 3. The topological polar surface area (TPSA) is 74.3 Å². The molecule has 0 aliphatic heterocycles. The highest BCUT2D eigenvalue weighted by molar-refractivity contribution is 6.18. The minimum atomic E-state index is 0.154. The molecule has 0 aromatic carbocycles. The van der Waals surface area contributed by atoms with Crippen LogP contribution in [0.5, 0.6) is 0 Å². The van der Waals surface area contributed by atoms with E-state index in [1.54, 1.807) is 19.1 Å². The van der Waals surface area contributed by atoms with Crippen molar-refractivity contribution < 1.29 is 0 Å². The molecule has 0 aliphatic carbocycles. The summed E-state index contributed by atoms with van der Waals surface area (Å²) in [5.41, 5.74) is 2.77. The number of amidine groups is 1. The molecule has 4 nitrogen and oxygen atoms in total. The molecule has 0 radical (unpaired) electrons. The fourth-order valence-corrected chi connectivity index (χ4v) is 0.544. The van der Waals surface area contributed by atoms with Crippen molar-refractivity contribution in [3.05, 3.63) is 12.2 Å². The number of nitrogens with one attached hydrogen (secondary N) is 2. The van der Waals surface area contributed by atoms with E-state index >= 15 is 0 Å². The van der Waals surface area contributed by atoms with Gasteiger partial charge in [-0.1, -0.05) is 0 Å².